The molecule has 2 fully saturated rings. The maximum atomic E-state index is 5.53. The zero-order valence-corrected chi connectivity index (χ0v) is 7.37. The molecule has 2 heteroatoms. The Bertz CT molecular complexity index is 108. The largest absolute Gasteiger partial charge is 0.352 e. The van der Waals surface area contributed by atoms with Crippen molar-refractivity contribution in [2.45, 2.75) is 32.0 Å². The summed E-state index contributed by atoms with van der Waals surface area (Å²) in [5.41, 5.74) is 0. The molecule has 0 N–H and O–H groups in total. The highest BCUT2D eigenvalue weighted by atomic mass is 16.7. The van der Waals surface area contributed by atoms with Crippen molar-refractivity contribution in [3.05, 3.63) is 12.8 Å². The van der Waals surface area contributed by atoms with Crippen molar-refractivity contribution >= 4 is 0 Å². The first-order valence-electron chi connectivity index (χ1n) is 4.83. The number of hydrogen-bond donors (Lipinski definition) is 0. The molecule has 2 radical (unpaired) electrons. The number of rotatable bonds is 1. The Hall–Kier alpha value is -0.0800. The Kier molecular flexibility index (Phi) is 3.01. The Labute approximate surface area is 74.2 Å². The van der Waals surface area contributed by atoms with Crippen LogP contribution in [0.4, 0.5) is 0 Å². The van der Waals surface area contributed by atoms with E-state index in [0.29, 0.717) is 5.92 Å². The van der Waals surface area contributed by atoms with Crippen LogP contribution in [0.1, 0.15) is 25.7 Å². The van der Waals surface area contributed by atoms with Crippen LogP contribution < -0.4 is 0 Å². The van der Waals surface area contributed by atoms with Crippen molar-refractivity contribution in [3.8, 4) is 0 Å². The van der Waals surface area contributed by atoms with Gasteiger partial charge < -0.3 is 9.47 Å². The van der Waals surface area contributed by atoms with Gasteiger partial charge in [-0.25, -0.2) is 0 Å². The van der Waals surface area contributed by atoms with Crippen LogP contribution in [-0.4, -0.2) is 19.5 Å². The first kappa shape index (κ1) is 8.52. The van der Waals surface area contributed by atoms with Gasteiger partial charge in [-0.15, -0.1) is 0 Å². The predicted octanol–water partition coefficient (Wildman–Crippen LogP) is 1.96. The summed E-state index contributed by atoms with van der Waals surface area (Å²) < 4.78 is 11.1. The third kappa shape index (κ3) is 1.99. The summed E-state index contributed by atoms with van der Waals surface area (Å²) >= 11 is 0. The average molecular weight is 168 g/mol. The van der Waals surface area contributed by atoms with E-state index >= 15 is 0 Å². The fourth-order valence-corrected chi connectivity index (χ4v) is 1.92. The summed E-state index contributed by atoms with van der Waals surface area (Å²) in [5.74, 6) is 0.642. The van der Waals surface area contributed by atoms with E-state index in [1.165, 1.54) is 25.7 Å². The van der Waals surface area contributed by atoms with Crippen molar-refractivity contribution in [1.29, 1.82) is 0 Å². The zero-order valence-electron chi connectivity index (χ0n) is 7.37. The second kappa shape index (κ2) is 4.24. The van der Waals surface area contributed by atoms with Gasteiger partial charge in [0.1, 0.15) is 0 Å². The van der Waals surface area contributed by atoms with E-state index < -0.39 is 0 Å². The summed E-state index contributed by atoms with van der Waals surface area (Å²) in [6, 6.07) is 0. The molecule has 0 aromatic heterocycles. The van der Waals surface area contributed by atoms with Gasteiger partial charge in [0.05, 0.1) is 13.2 Å². The maximum absolute atomic E-state index is 5.53. The number of hydrogen-bond acceptors (Lipinski definition) is 2. The standard InChI is InChI=1S/C10H16O2/c1-2-5-9(6-3-1)10-11-7-4-8-12-10/h1,4,9-10H,2-3,5-8H2. The van der Waals surface area contributed by atoms with Crippen molar-refractivity contribution in [3.63, 3.8) is 0 Å². The topological polar surface area (TPSA) is 18.5 Å². The summed E-state index contributed by atoms with van der Waals surface area (Å²) in [7, 11) is 0. The van der Waals surface area contributed by atoms with E-state index in [4.69, 9.17) is 9.47 Å². The van der Waals surface area contributed by atoms with E-state index in [9.17, 15) is 0 Å². The van der Waals surface area contributed by atoms with E-state index in [-0.39, 0.29) is 6.29 Å². The van der Waals surface area contributed by atoms with E-state index in [2.05, 4.69) is 6.42 Å². The Morgan fingerprint density at radius 3 is 2.25 bits per heavy atom. The molecule has 2 aliphatic rings. The van der Waals surface area contributed by atoms with Crippen molar-refractivity contribution < 1.29 is 9.47 Å². The molecule has 0 unspecified atom stereocenters. The second-order valence-corrected chi connectivity index (χ2v) is 3.53. The van der Waals surface area contributed by atoms with Gasteiger partial charge in [-0.1, -0.05) is 0 Å². The van der Waals surface area contributed by atoms with Crippen LogP contribution in [0.2, 0.25) is 0 Å². The highest BCUT2D eigenvalue weighted by molar-refractivity contribution is 4.80. The summed E-state index contributed by atoms with van der Waals surface area (Å²) in [5, 5.41) is 0. The second-order valence-electron chi connectivity index (χ2n) is 3.53. The lowest BCUT2D eigenvalue weighted by Gasteiger charge is -2.32. The molecule has 1 saturated heterocycles. The van der Waals surface area contributed by atoms with E-state index in [1.807, 2.05) is 6.42 Å². The van der Waals surface area contributed by atoms with Crippen LogP contribution >= 0.6 is 0 Å². The first-order valence-corrected chi connectivity index (χ1v) is 4.83. The average Bonchev–Trinajstić information content (AvgIpc) is 2.21. The minimum atomic E-state index is 0.0868. The van der Waals surface area contributed by atoms with Gasteiger partial charge in [0.2, 0.25) is 0 Å². The third-order valence-corrected chi connectivity index (χ3v) is 2.62. The highest BCUT2D eigenvalue weighted by Gasteiger charge is 2.26. The summed E-state index contributed by atoms with van der Waals surface area (Å²) in [6.07, 6.45) is 9.44. The van der Waals surface area contributed by atoms with Gasteiger partial charge in [-0.3, -0.25) is 0 Å². The van der Waals surface area contributed by atoms with Gasteiger partial charge in [0.25, 0.3) is 0 Å². The minimum Gasteiger partial charge on any atom is -0.352 e. The van der Waals surface area contributed by atoms with Crippen LogP contribution in [0.25, 0.3) is 0 Å². The molecule has 0 atom stereocenters. The molecule has 0 spiro atoms. The molecule has 1 aliphatic carbocycles. The zero-order chi connectivity index (χ0) is 8.23. The van der Waals surface area contributed by atoms with Gasteiger partial charge in [-0.05, 0) is 32.1 Å². The normalized spacial score (nSPS) is 29.0. The van der Waals surface area contributed by atoms with Crippen LogP contribution in [-0.2, 0) is 9.47 Å². The van der Waals surface area contributed by atoms with E-state index in [0.717, 1.165) is 13.2 Å². The third-order valence-electron chi connectivity index (χ3n) is 2.62. The Morgan fingerprint density at radius 2 is 1.58 bits per heavy atom. The summed E-state index contributed by atoms with van der Waals surface area (Å²) in [6.45, 7) is 1.54. The first-order chi connectivity index (χ1) is 5.97. The molecule has 1 heterocycles. The molecular weight excluding hydrogens is 152 g/mol. The quantitative estimate of drug-likeness (QED) is 0.596. The summed E-state index contributed by atoms with van der Waals surface area (Å²) in [4.78, 5) is 0. The molecule has 0 amide bonds. The van der Waals surface area contributed by atoms with Crippen molar-refractivity contribution in [1.82, 2.24) is 0 Å². The van der Waals surface area contributed by atoms with Crippen LogP contribution in [0.15, 0.2) is 0 Å². The molecule has 68 valence electrons. The van der Waals surface area contributed by atoms with Gasteiger partial charge in [-0.2, -0.15) is 0 Å². The highest BCUT2D eigenvalue weighted by Crippen LogP contribution is 2.29. The van der Waals surface area contributed by atoms with Crippen LogP contribution in [0.3, 0.4) is 0 Å². The fraction of sp³-hybridized carbons (Fsp3) is 0.800. The monoisotopic (exact) mass is 168 g/mol. The molecule has 2 nitrogen and oxygen atoms in total. The van der Waals surface area contributed by atoms with Gasteiger partial charge in [0.15, 0.2) is 6.29 Å². The smallest absolute Gasteiger partial charge is 0.160 e. The van der Waals surface area contributed by atoms with Crippen LogP contribution in [0.5, 0.6) is 0 Å². The van der Waals surface area contributed by atoms with Crippen molar-refractivity contribution in [2.75, 3.05) is 13.2 Å². The molecule has 1 saturated carbocycles. The lowest BCUT2D eigenvalue weighted by Crippen LogP contribution is -2.33. The van der Waals surface area contributed by atoms with Gasteiger partial charge in [0, 0.05) is 12.3 Å². The molecule has 0 aromatic carbocycles. The lowest BCUT2D eigenvalue weighted by molar-refractivity contribution is -0.191. The van der Waals surface area contributed by atoms with Crippen LogP contribution in [0, 0.1) is 18.8 Å². The van der Waals surface area contributed by atoms with Gasteiger partial charge >= 0.3 is 0 Å². The molecule has 2 rings (SSSR count). The Balaban J connectivity index is 1.80. The van der Waals surface area contributed by atoms with Crippen molar-refractivity contribution in [2.24, 2.45) is 5.92 Å². The molecule has 12 heavy (non-hydrogen) atoms. The SMILES string of the molecule is [CH]1CCC(C2OC[CH]CO2)CC1. The lowest BCUT2D eigenvalue weighted by atomic mass is 9.88. The molecule has 0 bridgehead atoms. The fourth-order valence-electron chi connectivity index (χ4n) is 1.92. The predicted molar refractivity (Wildman–Crippen MR) is 46.3 cm³/mol. The Morgan fingerprint density at radius 1 is 0.917 bits per heavy atom. The number of ether oxygens (including phenoxy) is 2. The van der Waals surface area contributed by atoms with E-state index in [1.54, 1.807) is 0 Å². The molecule has 1 aliphatic heterocycles. The minimum absolute atomic E-state index is 0.0868. The maximum Gasteiger partial charge on any atom is 0.160 e. The molecule has 0 aromatic rings. The molecular formula is C10H16O2.